The highest BCUT2D eigenvalue weighted by Crippen LogP contribution is 2.27. The van der Waals surface area contributed by atoms with Gasteiger partial charge in [-0.15, -0.1) is 11.3 Å². The number of amides is 1. The molecule has 7 heteroatoms. The molecule has 1 amide bonds. The number of unbranched alkanes of at least 4 members (excludes halogenated alkanes) is 2. The second-order valence-corrected chi connectivity index (χ2v) is 11.3. The van der Waals surface area contributed by atoms with Crippen LogP contribution < -0.4 is 5.48 Å². The zero-order chi connectivity index (χ0) is 29.7. The fraction of sp³-hybridized carbons (Fsp3) is 0.286. The van der Waals surface area contributed by atoms with Gasteiger partial charge in [-0.25, -0.2) is 10.3 Å². The fourth-order valence-electron chi connectivity index (χ4n) is 4.57. The van der Waals surface area contributed by atoms with Crippen LogP contribution in [-0.4, -0.2) is 36.2 Å². The third-order valence-corrected chi connectivity index (χ3v) is 8.15. The second kappa shape index (κ2) is 15.7. The van der Waals surface area contributed by atoms with E-state index in [4.69, 9.17) is 4.84 Å². The number of thiophene rings is 1. The topological polar surface area (TPSA) is 75.7 Å². The van der Waals surface area contributed by atoms with Gasteiger partial charge in [-0.05, 0) is 59.5 Å². The minimum Gasteiger partial charge on any atom is -0.345 e. The van der Waals surface area contributed by atoms with Crippen LogP contribution >= 0.6 is 11.3 Å². The normalized spacial score (nSPS) is 10.7. The van der Waals surface area contributed by atoms with Gasteiger partial charge in [-0.2, -0.15) is 0 Å². The number of carbonyl (C=O) groups excluding carboxylic acids is 3. The molecule has 1 heterocycles. The van der Waals surface area contributed by atoms with Crippen molar-refractivity contribution in [3.63, 3.8) is 0 Å². The van der Waals surface area contributed by atoms with Crippen molar-refractivity contribution in [3.8, 4) is 11.1 Å². The average molecular weight is 583 g/mol. The first kappa shape index (κ1) is 30.7. The number of nitrogens with one attached hydrogen (secondary N) is 1. The van der Waals surface area contributed by atoms with E-state index in [0.29, 0.717) is 29.7 Å². The number of carbonyl (C=O) groups is 3. The lowest BCUT2D eigenvalue weighted by molar-refractivity contribution is -0.140. The Hall–Kier alpha value is -4.23. The number of aryl methyl sites for hydroxylation is 1. The van der Waals surface area contributed by atoms with Gasteiger partial charge in [0.15, 0.2) is 5.78 Å². The third kappa shape index (κ3) is 8.88. The molecule has 0 bridgehead atoms. The van der Waals surface area contributed by atoms with Crippen LogP contribution in [0, 0.1) is 0 Å². The lowest BCUT2D eigenvalue weighted by atomic mass is 10.0. The van der Waals surface area contributed by atoms with E-state index in [9.17, 15) is 14.4 Å². The van der Waals surface area contributed by atoms with Crippen LogP contribution in [0.3, 0.4) is 0 Å². The molecule has 42 heavy (non-hydrogen) atoms. The summed E-state index contributed by atoms with van der Waals surface area (Å²) >= 11 is 1.72. The van der Waals surface area contributed by atoms with E-state index in [2.05, 4.69) is 36.0 Å². The third-order valence-electron chi connectivity index (χ3n) is 7.15. The van der Waals surface area contributed by atoms with Gasteiger partial charge in [-0.1, -0.05) is 86.5 Å². The summed E-state index contributed by atoms with van der Waals surface area (Å²) in [7, 11) is 1.89. The quantitative estimate of drug-likeness (QED) is 0.0882. The maximum absolute atomic E-state index is 12.9. The van der Waals surface area contributed by atoms with Gasteiger partial charge < -0.3 is 9.74 Å². The molecule has 6 nitrogen and oxygen atoms in total. The zero-order valence-electron chi connectivity index (χ0n) is 24.3. The maximum Gasteiger partial charge on any atom is 0.332 e. The number of likely N-dealkylation sites (N-methyl/N-ethyl adjacent to an activating group) is 1. The molecule has 0 radical (unpaired) electrons. The molecule has 0 unspecified atom stereocenters. The van der Waals surface area contributed by atoms with Crippen molar-refractivity contribution in [1.82, 2.24) is 4.90 Å². The summed E-state index contributed by atoms with van der Waals surface area (Å²) in [5.74, 6) is -0.330. The lowest BCUT2D eigenvalue weighted by Gasteiger charge is -2.16. The molecule has 4 rings (SSSR count). The number of hydrogen-bond acceptors (Lipinski definition) is 6. The monoisotopic (exact) mass is 582 g/mol. The number of rotatable bonds is 15. The highest BCUT2D eigenvalue weighted by atomic mass is 32.1. The first-order valence-corrected chi connectivity index (χ1v) is 15.4. The van der Waals surface area contributed by atoms with Crippen molar-refractivity contribution in [2.45, 2.75) is 51.9 Å². The Kier molecular flexibility index (Phi) is 11.5. The Labute approximate surface area is 252 Å². The Bertz CT molecular complexity index is 1460. The molecule has 1 N–H and O–H groups in total. The Morgan fingerprint density at radius 1 is 0.833 bits per heavy atom. The summed E-state index contributed by atoms with van der Waals surface area (Å²) in [4.78, 5) is 46.0. The molecule has 218 valence electrons. The summed E-state index contributed by atoms with van der Waals surface area (Å²) in [6.07, 6.45) is 5.40. The highest BCUT2D eigenvalue weighted by molar-refractivity contribution is 7.10. The molecule has 0 aliphatic rings. The van der Waals surface area contributed by atoms with Crippen molar-refractivity contribution in [3.05, 3.63) is 112 Å². The van der Waals surface area contributed by atoms with Crippen molar-refractivity contribution >= 4 is 34.7 Å². The zero-order valence-corrected chi connectivity index (χ0v) is 25.1. The predicted molar refractivity (Wildman–Crippen MR) is 170 cm³/mol. The van der Waals surface area contributed by atoms with Crippen molar-refractivity contribution in [1.29, 1.82) is 0 Å². The molecular formula is C35H38N2O4S. The molecular weight excluding hydrogens is 544 g/mol. The molecule has 0 atom stereocenters. The van der Waals surface area contributed by atoms with E-state index in [1.54, 1.807) is 47.7 Å². The van der Waals surface area contributed by atoms with Gasteiger partial charge in [0, 0.05) is 36.0 Å². The van der Waals surface area contributed by atoms with E-state index >= 15 is 0 Å². The minimum atomic E-state index is -0.405. The highest BCUT2D eigenvalue weighted by Gasteiger charge is 2.15. The summed E-state index contributed by atoms with van der Waals surface area (Å²) < 4.78 is 0. The first-order chi connectivity index (χ1) is 20.4. The molecule has 0 aliphatic heterocycles. The number of anilines is 1. The summed E-state index contributed by atoms with van der Waals surface area (Å²) in [5, 5.41) is 2.15. The molecule has 3 aromatic carbocycles. The van der Waals surface area contributed by atoms with Crippen LogP contribution in [0.25, 0.3) is 11.1 Å². The SMILES string of the molecule is CCCCCC(=O)N(C)CCc1cc(-c2ccc(CCC(=O)ONc3ccccc3C(=O)c3ccccc3)cc2)cs1. The number of nitrogens with zero attached hydrogens (tertiary/aromatic N) is 1. The Balaban J connectivity index is 1.23. The van der Waals surface area contributed by atoms with E-state index in [1.807, 2.05) is 42.3 Å². The number of hydrogen-bond donors (Lipinski definition) is 1. The molecule has 0 aliphatic carbocycles. The van der Waals surface area contributed by atoms with Gasteiger partial charge in [0.05, 0.1) is 12.1 Å². The number of para-hydroxylation sites is 1. The van der Waals surface area contributed by atoms with E-state index < -0.39 is 5.97 Å². The van der Waals surface area contributed by atoms with Crippen LogP contribution in [-0.2, 0) is 27.3 Å². The smallest absolute Gasteiger partial charge is 0.332 e. The molecule has 0 saturated heterocycles. The molecule has 4 aromatic rings. The van der Waals surface area contributed by atoms with E-state index in [0.717, 1.165) is 48.9 Å². The predicted octanol–water partition coefficient (Wildman–Crippen LogP) is 7.73. The molecule has 0 saturated carbocycles. The second-order valence-electron chi connectivity index (χ2n) is 10.3. The average Bonchev–Trinajstić information content (AvgIpc) is 3.51. The summed E-state index contributed by atoms with van der Waals surface area (Å²) in [6, 6.07) is 26.4. The standard InChI is InChI=1S/C35H38N2O4S/c1-3-4-6-15-33(38)37(2)23-22-30-24-29(25-42-30)27-19-16-26(17-20-27)18-21-34(39)41-36-32-14-10-9-13-31(32)35(40)28-11-7-5-8-12-28/h5,7-14,16-17,19-20,24-25,36H,3-4,6,15,18,21-23H2,1-2H3. The van der Waals surface area contributed by atoms with Crippen molar-refractivity contribution in [2.75, 3.05) is 19.1 Å². The summed E-state index contributed by atoms with van der Waals surface area (Å²) in [6.45, 7) is 2.87. The van der Waals surface area contributed by atoms with Crippen LogP contribution in [0.1, 0.15) is 65.4 Å². The summed E-state index contributed by atoms with van der Waals surface area (Å²) in [5.41, 5.74) is 7.44. The molecule has 0 spiro atoms. The number of ketones is 1. The molecule has 1 aromatic heterocycles. The van der Waals surface area contributed by atoms with Crippen LogP contribution in [0.2, 0.25) is 0 Å². The van der Waals surface area contributed by atoms with E-state index in [-0.39, 0.29) is 18.1 Å². The Morgan fingerprint density at radius 3 is 2.33 bits per heavy atom. The largest absolute Gasteiger partial charge is 0.345 e. The van der Waals surface area contributed by atoms with Gasteiger partial charge in [-0.3, -0.25) is 9.59 Å². The van der Waals surface area contributed by atoms with Crippen molar-refractivity contribution < 1.29 is 19.2 Å². The van der Waals surface area contributed by atoms with Crippen LogP contribution in [0.5, 0.6) is 0 Å². The minimum absolute atomic E-state index is 0.146. The number of benzene rings is 3. The van der Waals surface area contributed by atoms with Gasteiger partial charge in [0.2, 0.25) is 5.91 Å². The maximum atomic E-state index is 12.9. The van der Waals surface area contributed by atoms with Gasteiger partial charge in [0.25, 0.3) is 0 Å². The van der Waals surface area contributed by atoms with Gasteiger partial charge in [0.1, 0.15) is 0 Å². The van der Waals surface area contributed by atoms with E-state index in [1.165, 1.54) is 4.88 Å². The Morgan fingerprint density at radius 2 is 1.57 bits per heavy atom. The lowest BCUT2D eigenvalue weighted by Crippen LogP contribution is -2.28. The molecule has 0 fully saturated rings. The fourth-order valence-corrected chi connectivity index (χ4v) is 5.46. The van der Waals surface area contributed by atoms with Gasteiger partial charge >= 0.3 is 5.97 Å². The van der Waals surface area contributed by atoms with Crippen LogP contribution in [0.4, 0.5) is 5.69 Å². The first-order valence-electron chi connectivity index (χ1n) is 14.5. The van der Waals surface area contributed by atoms with Crippen molar-refractivity contribution in [2.24, 2.45) is 0 Å². The van der Waals surface area contributed by atoms with Crippen LogP contribution in [0.15, 0.2) is 90.3 Å².